The predicted octanol–water partition coefficient (Wildman–Crippen LogP) is 2.08. The minimum absolute atomic E-state index is 0.0413. The van der Waals surface area contributed by atoms with Gasteiger partial charge in [0.05, 0.1) is 5.69 Å². The number of nitriles is 1. The zero-order valence-corrected chi connectivity index (χ0v) is 10.7. The maximum atomic E-state index is 9.52. The van der Waals surface area contributed by atoms with Crippen molar-refractivity contribution in [1.82, 2.24) is 4.98 Å². The number of hydrogen-bond donors (Lipinski definition) is 3. The number of pyridine rings is 1. The Balaban J connectivity index is 2.26. The van der Waals surface area contributed by atoms with Crippen LogP contribution in [0.1, 0.15) is 29.5 Å². The van der Waals surface area contributed by atoms with Crippen LogP contribution in [-0.4, -0.2) is 10.1 Å². The number of fused-ring (bicyclic) bond motifs is 2. The molecule has 5 N–H and O–H groups in total. The summed E-state index contributed by atoms with van der Waals surface area (Å²) in [6.07, 6.45) is 0. The van der Waals surface area contributed by atoms with Gasteiger partial charge in [0, 0.05) is 23.1 Å². The van der Waals surface area contributed by atoms with Gasteiger partial charge in [0.25, 0.3) is 0 Å². The number of aromatic hydroxyl groups is 1. The normalized spacial score (nSPS) is 15.7. The van der Waals surface area contributed by atoms with Crippen LogP contribution in [-0.2, 0) is 0 Å². The number of aromatic nitrogens is 1. The molecule has 0 saturated heterocycles. The van der Waals surface area contributed by atoms with Crippen LogP contribution in [0, 0.1) is 11.3 Å². The number of nitrogens with zero attached hydrogens (tertiary/aromatic N) is 2. The Morgan fingerprint density at radius 2 is 2.15 bits per heavy atom. The van der Waals surface area contributed by atoms with Crippen LogP contribution in [0.2, 0.25) is 0 Å². The summed E-state index contributed by atoms with van der Waals surface area (Å²) >= 11 is 0. The molecule has 0 saturated carbocycles. The zero-order valence-electron chi connectivity index (χ0n) is 10.7. The van der Waals surface area contributed by atoms with E-state index in [0.717, 1.165) is 5.56 Å². The van der Waals surface area contributed by atoms with E-state index in [9.17, 15) is 5.11 Å². The maximum absolute atomic E-state index is 9.52. The molecule has 6 heteroatoms. The Morgan fingerprint density at radius 1 is 1.40 bits per heavy atom. The zero-order chi connectivity index (χ0) is 14.4. The number of hydrogen-bond acceptors (Lipinski definition) is 6. The predicted molar refractivity (Wildman–Crippen MR) is 73.5 cm³/mol. The van der Waals surface area contributed by atoms with E-state index in [1.165, 1.54) is 6.07 Å². The molecule has 20 heavy (non-hydrogen) atoms. The summed E-state index contributed by atoms with van der Waals surface area (Å²) in [6.45, 7) is 1.94. The van der Waals surface area contributed by atoms with Gasteiger partial charge in [0.15, 0.2) is 0 Å². The fourth-order valence-electron chi connectivity index (χ4n) is 2.46. The summed E-state index contributed by atoms with van der Waals surface area (Å²) in [5.41, 5.74) is 13.7. The molecule has 0 spiro atoms. The van der Waals surface area contributed by atoms with E-state index in [0.29, 0.717) is 17.0 Å². The summed E-state index contributed by atoms with van der Waals surface area (Å²) in [6, 6.07) is 6.82. The summed E-state index contributed by atoms with van der Waals surface area (Å²) < 4.78 is 5.65. The van der Waals surface area contributed by atoms with Crippen molar-refractivity contribution in [2.24, 2.45) is 0 Å². The Labute approximate surface area is 115 Å². The molecule has 1 aromatic heterocycles. The quantitative estimate of drug-likeness (QED) is 0.673. The largest absolute Gasteiger partial charge is 0.508 e. The molecule has 6 nitrogen and oxygen atoms in total. The van der Waals surface area contributed by atoms with E-state index in [1.807, 2.05) is 13.0 Å². The minimum Gasteiger partial charge on any atom is -0.508 e. The summed E-state index contributed by atoms with van der Waals surface area (Å²) in [5.74, 6) is 0.841. The second kappa shape index (κ2) is 4.03. The van der Waals surface area contributed by atoms with Crippen LogP contribution >= 0.6 is 0 Å². The molecule has 1 atom stereocenters. The van der Waals surface area contributed by atoms with E-state index in [-0.39, 0.29) is 28.9 Å². The van der Waals surface area contributed by atoms with Crippen molar-refractivity contribution < 1.29 is 9.84 Å². The molecule has 2 heterocycles. The lowest BCUT2D eigenvalue weighted by atomic mass is 9.89. The van der Waals surface area contributed by atoms with Crippen LogP contribution in [0.3, 0.4) is 0 Å². The standard InChI is InChI=1S/C14H12N4O2/c1-6-8-3-2-7(19)4-10(8)20-14-11(6)12(16)9(5-15)13(17)18-14/h2-4,6,19H,1H3,(H4,16,17,18). The Kier molecular flexibility index (Phi) is 2.44. The van der Waals surface area contributed by atoms with E-state index < -0.39 is 0 Å². The summed E-state index contributed by atoms with van der Waals surface area (Å²) in [7, 11) is 0. The molecule has 1 aliphatic heterocycles. The van der Waals surface area contributed by atoms with Gasteiger partial charge in [-0.1, -0.05) is 13.0 Å². The fraction of sp³-hybridized carbons (Fsp3) is 0.143. The van der Waals surface area contributed by atoms with E-state index in [2.05, 4.69) is 4.98 Å². The highest BCUT2D eigenvalue weighted by atomic mass is 16.5. The number of nitrogen functional groups attached to an aromatic ring is 2. The molecule has 100 valence electrons. The summed E-state index contributed by atoms with van der Waals surface area (Å²) in [4.78, 5) is 4.10. The van der Waals surface area contributed by atoms with Crippen molar-refractivity contribution in [3.63, 3.8) is 0 Å². The van der Waals surface area contributed by atoms with Crippen LogP contribution in [0.15, 0.2) is 18.2 Å². The number of benzene rings is 1. The van der Waals surface area contributed by atoms with Crippen molar-refractivity contribution in [2.75, 3.05) is 11.5 Å². The molecule has 0 fully saturated rings. The van der Waals surface area contributed by atoms with Crippen molar-refractivity contribution in [1.29, 1.82) is 5.26 Å². The lowest BCUT2D eigenvalue weighted by Crippen LogP contribution is -2.14. The van der Waals surface area contributed by atoms with Crippen molar-refractivity contribution >= 4 is 11.5 Å². The van der Waals surface area contributed by atoms with Gasteiger partial charge in [-0.15, -0.1) is 0 Å². The van der Waals surface area contributed by atoms with Crippen molar-refractivity contribution in [2.45, 2.75) is 12.8 Å². The van der Waals surface area contributed by atoms with Gasteiger partial charge in [-0.2, -0.15) is 10.2 Å². The molecule has 0 amide bonds. The number of phenols is 1. The highest BCUT2D eigenvalue weighted by Gasteiger charge is 2.30. The third-order valence-corrected chi connectivity index (χ3v) is 3.48. The van der Waals surface area contributed by atoms with E-state index in [4.69, 9.17) is 21.5 Å². The molecule has 0 radical (unpaired) electrons. The smallest absolute Gasteiger partial charge is 0.227 e. The number of anilines is 2. The SMILES string of the molecule is CC1c2ccc(O)cc2Oc2nc(N)c(C#N)c(N)c21. The van der Waals surface area contributed by atoms with Gasteiger partial charge in [-0.25, -0.2) is 0 Å². The Hall–Kier alpha value is -2.94. The van der Waals surface area contributed by atoms with E-state index in [1.54, 1.807) is 12.1 Å². The molecular weight excluding hydrogens is 256 g/mol. The lowest BCUT2D eigenvalue weighted by Gasteiger charge is -2.26. The third kappa shape index (κ3) is 1.53. The van der Waals surface area contributed by atoms with E-state index >= 15 is 0 Å². The molecule has 0 aliphatic carbocycles. The summed E-state index contributed by atoms with van der Waals surface area (Å²) in [5, 5.41) is 18.6. The molecule has 1 aliphatic rings. The van der Waals surface area contributed by atoms with Crippen molar-refractivity contribution in [3.8, 4) is 23.4 Å². The van der Waals surface area contributed by atoms with Gasteiger partial charge < -0.3 is 21.3 Å². The first-order chi connectivity index (χ1) is 9.52. The molecule has 0 bridgehead atoms. The van der Waals surface area contributed by atoms with Crippen molar-refractivity contribution in [3.05, 3.63) is 34.9 Å². The average Bonchev–Trinajstić information content (AvgIpc) is 2.38. The molecule has 1 unspecified atom stereocenters. The second-order valence-electron chi connectivity index (χ2n) is 4.66. The fourth-order valence-corrected chi connectivity index (χ4v) is 2.46. The average molecular weight is 268 g/mol. The second-order valence-corrected chi connectivity index (χ2v) is 4.66. The molecular formula is C14H12N4O2. The van der Waals surface area contributed by atoms with Crippen LogP contribution in [0.25, 0.3) is 0 Å². The van der Waals surface area contributed by atoms with Gasteiger partial charge in [-0.3, -0.25) is 0 Å². The van der Waals surface area contributed by atoms with Gasteiger partial charge in [0.1, 0.15) is 28.9 Å². The Morgan fingerprint density at radius 3 is 2.85 bits per heavy atom. The maximum Gasteiger partial charge on any atom is 0.227 e. The highest BCUT2D eigenvalue weighted by molar-refractivity contribution is 5.73. The third-order valence-electron chi connectivity index (χ3n) is 3.48. The molecule has 2 aromatic rings. The highest BCUT2D eigenvalue weighted by Crippen LogP contribution is 2.47. The van der Waals surface area contributed by atoms with Crippen LogP contribution in [0.4, 0.5) is 11.5 Å². The van der Waals surface area contributed by atoms with Gasteiger partial charge in [-0.05, 0) is 6.07 Å². The first-order valence-electron chi connectivity index (χ1n) is 6.02. The number of phenolic OH excluding ortho intramolecular Hbond substituents is 1. The minimum atomic E-state index is -0.102. The van der Waals surface area contributed by atoms with Crippen LogP contribution in [0.5, 0.6) is 17.4 Å². The first-order valence-corrected chi connectivity index (χ1v) is 6.02. The number of rotatable bonds is 0. The van der Waals surface area contributed by atoms with Crippen LogP contribution < -0.4 is 16.2 Å². The van der Waals surface area contributed by atoms with Gasteiger partial charge in [0.2, 0.25) is 5.88 Å². The number of nitrogens with two attached hydrogens (primary N) is 2. The lowest BCUT2D eigenvalue weighted by molar-refractivity contribution is 0.422. The molecule has 3 rings (SSSR count). The monoisotopic (exact) mass is 268 g/mol. The van der Waals surface area contributed by atoms with Gasteiger partial charge >= 0.3 is 0 Å². The number of ether oxygens (including phenoxy) is 1. The molecule has 1 aromatic carbocycles. The first kappa shape index (κ1) is 12.1. The topological polar surface area (TPSA) is 118 Å². The Bertz CT molecular complexity index is 765.